The number of hydrogen-bond acceptors (Lipinski definition) is 5. The average Bonchev–Trinajstić information content (AvgIpc) is 2.22. The Morgan fingerprint density at radius 1 is 1.54 bits per heavy atom. The first-order valence-electron chi connectivity index (χ1n) is 3.22. The van der Waals surface area contributed by atoms with Gasteiger partial charge in [0.1, 0.15) is 0 Å². The molecule has 70 valence electrons. The Kier molecular flexibility index (Phi) is 2.67. The van der Waals surface area contributed by atoms with E-state index in [9.17, 15) is 9.59 Å². The third-order valence-corrected chi connectivity index (χ3v) is 2.80. The summed E-state index contributed by atoms with van der Waals surface area (Å²) in [5.41, 5.74) is 5.08. The van der Waals surface area contributed by atoms with Gasteiger partial charge < -0.3 is 5.73 Å². The zero-order valence-corrected chi connectivity index (χ0v) is 8.41. The molecular formula is C6H7N3O2S2. The molecule has 0 radical (unpaired) electrons. The van der Waals surface area contributed by atoms with Crippen LogP contribution in [0.3, 0.4) is 0 Å². The smallest absolute Gasteiger partial charge is 0.268 e. The monoisotopic (exact) mass is 217 g/mol. The SMILES string of the molecule is CN1C(=O)C(S)=C(SC(=N)N)C1=O. The lowest BCUT2D eigenvalue weighted by molar-refractivity contribution is -0.135. The summed E-state index contributed by atoms with van der Waals surface area (Å²) < 4.78 is 0. The lowest BCUT2D eigenvalue weighted by Crippen LogP contribution is -2.26. The van der Waals surface area contributed by atoms with Gasteiger partial charge in [-0.25, -0.2) is 0 Å². The van der Waals surface area contributed by atoms with Crippen molar-refractivity contribution >= 4 is 41.4 Å². The van der Waals surface area contributed by atoms with E-state index in [1.165, 1.54) is 7.05 Å². The Labute approximate surface area is 84.3 Å². The lowest BCUT2D eigenvalue weighted by atomic mass is 10.5. The van der Waals surface area contributed by atoms with Crippen molar-refractivity contribution in [2.24, 2.45) is 5.73 Å². The van der Waals surface area contributed by atoms with Gasteiger partial charge >= 0.3 is 0 Å². The minimum Gasteiger partial charge on any atom is -0.378 e. The van der Waals surface area contributed by atoms with E-state index in [-0.39, 0.29) is 15.0 Å². The highest BCUT2D eigenvalue weighted by Gasteiger charge is 2.34. The van der Waals surface area contributed by atoms with Gasteiger partial charge in [0.05, 0.1) is 9.81 Å². The maximum Gasteiger partial charge on any atom is 0.268 e. The van der Waals surface area contributed by atoms with Crippen LogP contribution in [0.2, 0.25) is 0 Å². The summed E-state index contributed by atoms with van der Waals surface area (Å²) in [6.45, 7) is 0. The molecule has 0 saturated heterocycles. The van der Waals surface area contributed by atoms with Crippen LogP contribution in [-0.4, -0.2) is 28.9 Å². The van der Waals surface area contributed by atoms with Gasteiger partial charge in [0.25, 0.3) is 11.8 Å². The number of rotatable bonds is 1. The lowest BCUT2D eigenvalue weighted by Gasteiger charge is -2.04. The highest BCUT2D eigenvalue weighted by atomic mass is 32.2. The molecule has 0 aliphatic carbocycles. The summed E-state index contributed by atoms with van der Waals surface area (Å²) in [5, 5.41) is 6.72. The number of hydrogen-bond donors (Lipinski definition) is 3. The molecule has 0 spiro atoms. The molecule has 0 fully saturated rings. The Balaban J connectivity index is 3.01. The topological polar surface area (TPSA) is 87.2 Å². The van der Waals surface area contributed by atoms with Gasteiger partial charge in [-0.1, -0.05) is 0 Å². The first kappa shape index (κ1) is 10.1. The van der Waals surface area contributed by atoms with Gasteiger partial charge in [0.2, 0.25) is 0 Å². The number of nitrogens with zero attached hydrogens (tertiary/aromatic N) is 1. The summed E-state index contributed by atoms with van der Waals surface area (Å²) in [7, 11) is 1.36. The summed E-state index contributed by atoms with van der Waals surface area (Å²) >= 11 is 4.61. The number of nitrogens with two attached hydrogens (primary N) is 1. The third-order valence-electron chi connectivity index (χ3n) is 1.43. The van der Waals surface area contributed by atoms with E-state index < -0.39 is 11.8 Å². The second kappa shape index (κ2) is 3.43. The van der Waals surface area contributed by atoms with Crippen LogP contribution in [0.15, 0.2) is 9.81 Å². The summed E-state index contributed by atoms with van der Waals surface area (Å²) in [6.07, 6.45) is 0. The fraction of sp³-hybridized carbons (Fsp3) is 0.167. The minimum absolute atomic E-state index is 0.0488. The number of likely N-dealkylation sites (N-methyl/N-ethyl adjacent to an activating group) is 1. The van der Waals surface area contributed by atoms with Crippen molar-refractivity contribution in [3.05, 3.63) is 9.81 Å². The first-order chi connectivity index (χ1) is 5.95. The van der Waals surface area contributed by atoms with Crippen molar-refractivity contribution in [3.8, 4) is 0 Å². The average molecular weight is 217 g/mol. The number of thiol groups is 1. The molecule has 0 unspecified atom stereocenters. The van der Waals surface area contributed by atoms with E-state index in [1.54, 1.807) is 0 Å². The molecule has 0 aromatic rings. The molecule has 1 aliphatic rings. The van der Waals surface area contributed by atoms with Crippen LogP contribution in [-0.2, 0) is 9.59 Å². The van der Waals surface area contributed by atoms with E-state index in [4.69, 9.17) is 11.1 Å². The van der Waals surface area contributed by atoms with Crippen molar-refractivity contribution < 1.29 is 9.59 Å². The Bertz CT molecular complexity index is 337. The standard InChI is InChI=1S/C6H7N3O2S2/c1-9-4(10)2(12)3(5(9)11)13-6(7)8/h12H,1H3,(H3,7,8). The Morgan fingerprint density at radius 3 is 2.38 bits per heavy atom. The third kappa shape index (κ3) is 1.70. The van der Waals surface area contributed by atoms with Crippen molar-refractivity contribution in [1.82, 2.24) is 4.90 Å². The van der Waals surface area contributed by atoms with E-state index in [2.05, 4.69) is 12.6 Å². The van der Waals surface area contributed by atoms with Gasteiger partial charge in [-0.2, -0.15) is 0 Å². The molecular weight excluding hydrogens is 210 g/mol. The maximum atomic E-state index is 11.3. The molecule has 0 atom stereocenters. The molecule has 0 aromatic carbocycles. The molecule has 2 amide bonds. The minimum atomic E-state index is -0.463. The maximum absolute atomic E-state index is 11.3. The van der Waals surface area contributed by atoms with Crippen LogP contribution in [0, 0.1) is 5.41 Å². The number of nitrogens with one attached hydrogen (secondary N) is 1. The number of thioether (sulfide) groups is 1. The molecule has 0 saturated carbocycles. The van der Waals surface area contributed by atoms with Gasteiger partial charge in [0.15, 0.2) is 5.17 Å². The number of amidine groups is 1. The fourth-order valence-corrected chi connectivity index (χ4v) is 1.81. The van der Waals surface area contributed by atoms with Crippen molar-refractivity contribution in [2.45, 2.75) is 0 Å². The summed E-state index contributed by atoms with van der Waals surface area (Å²) in [5.74, 6) is -0.924. The van der Waals surface area contributed by atoms with E-state index in [0.29, 0.717) is 0 Å². The fourth-order valence-electron chi connectivity index (χ4n) is 0.804. The normalized spacial score (nSPS) is 17.2. The summed E-state index contributed by atoms with van der Waals surface area (Å²) in [6, 6.07) is 0. The molecule has 3 N–H and O–H groups in total. The highest BCUT2D eigenvalue weighted by molar-refractivity contribution is 8.18. The Hall–Kier alpha value is -0.950. The van der Waals surface area contributed by atoms with E-state index in [0.717, 1.165) is 16.7 Å². The molecule has 7 heteroatoms. The van der Waals surface area contributed by atoms with Gasteiger partial charge in [-0.15, -0.1) is 12.6 Å². The molecule has 1 heterocycles. The summed E-state index contributed by atoms with van der Waals surface area (Å²) in [4.78, 5) is 23.5. The predicted octanol–water partition coefficient (Wildman–Crippen LogP) is -0.247. The molecule has 5 nitrogen and oxygen atoms in total. The second-order valence-corrected chi connectivity index (χ2v) is 3.81. The van der Waals surface area contributed by atoms with Crippen LogP contribution in [0.1, 0.15) is 0 Å². The van der Waals surface area contributed by atoms with E-state index >= 15 is 0 Å². The zero-order chi connectivity index (χ0) is 10.2. The molecule has 0 aromatic heterocycles. The molecule has 0 bridgehead atoms. The van der Waals surface area contributed by atoms with Crippen LogP contribution < -0.4 is 5.73 Å². The highest BCUT2D eigenvalue weighted by Crippen LogP contribution is 2.30. The second-order valence-electron chi connectivity index (χ2n) is 2.31. The first-order valence-corrected chi connectivity index (χ1v) is 4.49. The van der Waals surface area contributed by atoms with Crippen molar-refractivity contribution in [3.63, 3.8) is 0 Å². The zero-order valence-electron chi connectivity index (χ0n) is 6.70. The molecule has 1 rings (SSSR count). The van der Waals surface area contributed by atoms with Crippen LogP contribution in [0.25, 0.3) is 0 Å². The quantitative estimate of drug-likeness (QED) is 0.245. The number of imide groups is 1. The van der Waals surface area contributed by atoms with Crippen LogP contribution >= 0.6 is 24.4 Å². The number of amides is 2. The van der Waals surface area contributed by atoms with Crippen LogP contribution in [0.4, 0.5) is 0 Å². The predicted molar refractivity (Wildman–Crippen MR) is 53.3 cm³/mol. The van der Waals surface area contributed by atoms with Crippen molar-refractivity contribution in [1.29, 1.82) is 5.41 Å². The van der Waals surface area contributed by atoms with Gasteiger partial charge in [-0.3, -0.25) is 19.9 Å². The Morgan fingerprint density at radius 2 is 2.08 bits per heavy atom. The molecule has 1 aliphatic heterocycles. The van der Waals surface area contributed by atoms with Crippen molar-refractivity contribution in [2.75, 3.05) is 7.05 Å². The van der Waals surface area contributed by atoms with Gasteiger partial charge in [0, 0.05) is 7.05 Å². The number of carbonyl (C=O) groups excluding carboxylic acids is 2. The largest absolute Gasteiger partial charge is 0.378 e. The van der Waals surface area contributed by atoms with E-state index in [1.807, 2.05) is 0 Å². The number of carbonyl (C=O) groups is 2. The molecule has 13 heavy (non-hydrogen) atoms. The van der Waals surface area contributed by atoms with Crippen LogP contribution in [0.5, 0.6) is 0 Å². The van der Waals surface area contributed by atoms with Gasteiger partial charge in [-0.05, 0) is 11.8 Å².